The van der Waals surface area contributed by atoms with Crippen LogP contribution in [-0.2, 0) is 27.2 Å². The van der Waals surface area contributed by atoms with E-state index in [4.69, 9.17) is 5.73 Å². The molecule has 0 spiro atoms. The summed E-state index contributed by atoms with van der Waals surface area (Å²) in [6, 6.07) is 9.67. The first-order chi connectivity index (χ1) is 20.2. The number of aryl methyl sites for hydroxylation is 1. The van der Waals surface area contributed by atoms with Crippen LogP contribution in [-0.4, -0.2) is 80.2 Å². The number of carbonyl (C=O) groups is 4. The van der Waals surface area contributed by atoms with Gasteiger partial charge in [-0.25, -0.2) is 0 Å². The predicted molar refractivity (Wildman–Crippen MR) is 169 cm³/mol. The molecule has 1 aromatic heterocycles. The maximum absolute atomic E-state index is 12.7. The lowest BCUT2D eigenvalue weighted by Gasteiger charge is -2.33. The van der Waals surface area contributed by atoms with Crippen molar-refractivity contribution in [2.45, 2.75) is 58.3 Å². The van der Waals surface area contributed by atoms with E-state index in [1.165, 1.54) is 5.56 Å². The van der Waals surface area contributed by atoms with Gasteiger partial charge < -0.3 is 25.8 Å². The number of hydrogen-bond acceptors (Lipinski definition) is 6. The fraction of sp³-hybridized carbons (Fsp3) is 0.500. The second-order valence-electron chi connectivity index (χ2n) is 11.0. The Kier molecular flexibility index (Phi) is 13.2. The van der Waals surface area contributed by atoms with Crippen LogP contribution in [0, 0.1) is 6.92 Å². The number of hydrogen-bond donors (Lipinski definition) is 2. The van der Waals surface area contributed by atoms with Crippen molar-refractivity contribution in [2.75, 3.05) is 51.7 Å². The van der Waals surface area contributed by atoms with E-state index in [1.807, 2.05) is 50.2 Å². The third-order valence-electron chi connectivity index (χ3n) is 7.43. The molecule has 1 aliphatic heterocycles. The quantitative estimate of drug-likeness (QED) is 0.227. The van der Waals surface area contributed by atoms with Crippen LogP contribution in [0.4, 0.5) is 5.00 Å². The van der Waals surface area contributed by atoms with Gasteiger partial charge in [-0.2, -0.15) is 0 Å². The Bertz CT molecular complexity index is 1260. The SMILES string of the molecule is Cc1c(CCCCCCCC(=O)NCCc2ccc(N3CCN(C(=O)C=CCN(C)C)CC3=O)s2)cccc1C(N)=O. The Balaban J connectivity index is 1.27. The lowest BCUT2D eigenvalue weighted by Crippen LogP contribution is -2.51. The molecule has 0 unspecified atom stereocenters. The van der Waals surface area contributed by atoms with Crippen LogP contribution in [0.3, 0.4) is 0 Å². The Labute approximate surface area is 253 Å². The molecule has 9 nitrogen and oxygen atoms in total. The van der Waals surface area contributed by atoms with E-state index < -0.39 is 0 Å². The van der Waals surface area contributed by atoms with E-state index in [0.29, 0.717) is 38.2 Å². The van der Waals surface area contributed by atoms with Gasteiger partial charge in [-0.1, -0.05) is 37.5 Å². The van der Waals surface area contributed by atoms with Gasteiger partial charge in [-0.05, 0) is 76.0 Å². The average molecular weight is 596 g/mol. The Morgan fingerprint density at radius 1 is 1.02 bits per heavy atom. The number of piperazine rings is 1. The predicted octanol–water partition coefficient (Wildman–Crippen LogP) is 3.69. The minimum atomic E-state index is -0.381. The van der Waals surface area contributed by atoms with Crippen LogP contribution in [0.1, 0.15) is 64.9 Å². The molecule has 2 aromatic rings. The molecule has 1 fully saturated rings. The first-order valence-electron chi connectivity index (χ1n) is 14.8. The fourth-order valence-electron chi connectivity index (χ4n) is 4.98. The smallest absolute Gasteiger partial charge is 0.248 e. The molecule has 10 heteroatoms. The van der Waals surface area contributed by atoms with Gasteiger partial charge in [0.25, 0.3) is 0 Å². The number of likely N-dealkylation sites (N-methyl/N-ethyl adjacent to an activating group) is 1. The van der Waals surface area contributed by atoms with Crippen LogP contribution in [0.5, 0.6) is 0 Å². The van der Waals surface area contributed by atoms with Gasteiger partial charge >= 0.3 is 0 Å². The molecule has 0 saturated carbocycles. The van der Waals surface area contributed by atoms with Crippen molar-refractivity contribution in [1.82, 2.24) is 15.1 Å². The number of rotatable bonds is 16. The summed E-state index contributed by atoms with van der Waals surface area (Å²) in [5, 5.41) is 3.89. The van der Waals surface area contributed by atoms with Crippen molar-refractivity contribution in [3.05, 3.63) is 64.1 Å². The summed E-state index contributed by atoms with van der Waals surface area (Å²) in [6.07, 6.45) is 10.6. The zero-order valence-electron chi connectivity index (χ0n) is 25.2. The largest absolute Gasteiger partial charge is 0.366 e. The molecule has 228 valence electrons. The standard InChI is InChI=1S/C32H45N5O4S/c1-24-25(12-9-13-27(24)32(33)41)11-7-5-4-6-8-14-28(38)34-19-18-26-16-17-31(42-26)37-22-21-36(23-30(37)40)29(39)15-10-20-35(2)3/h9-10,12-13,15-17H,4-8,11,14,18-23H2,1-3H3,(H2,33,41)(H,34,38). The van der Waals surface area contributed by atoms with Crippen LogP contribution in [0.2, 0.25) is 0 Å². The van der Waals surface area contributed by atoms with Crippen molar-refractivity contribution in [1.29, 1.82) is 0 Å². The monoisotopic (exact) mass is 595 g/mol. The highest BCUT2D eigenvalue weighted by atomic mass is 32.1. The molecule has 0 radical (unpaired) electrons. The summed E-state index contributed by atoms with van der Waals surface area (Å²) in [5.74, 6) is -0.522. The number of unbranched alkanes of at least 4 members (excludes halogenated alkanes) is 4. The Morgan fingerprint density at radius 3 is 2.52 bits per heavy atom. The van der Waals surface area contributed by atoms with E-state index in [9.17, 15) is 19.2 Å². The van der Waals surface area contributed by atoms with Gasteiger partial charge in [-0.3, -0.25) is 19.2 Å². The molecule has 0 bridgehead atoms. The summed E-state index contributed by atoms with van der Waals surface area (Å²) in [5.41, 5.74) is 8.19. The average Bonchev–Trinajstić information content (AvgIpc) is 3.41. The van der Waals surface area contributed by atoms with E-state index >= 15 is 0 Å². The van der Waals surface area contributed by atoms with Gasteiger partial charge in [0, 0.05) is 49.1 Å². The molecule has 0 aliphatic carbocycles. The van der Waals surface area contributed by atoms with E-state index in [0.717, 1.165) is 60.4 Å². The van der Waals surface area contributed by atoms with Crippen LogP contribution in [0.15, 0.2) is 42.5 Å². The maximum Gasteiger partial charge on any atom is 0.248 e. The lowest BCUT2D eigenvalue weighted by atomic mass is 9.97. The number of nitrogens with zero attached hydrogens (tertiary/aromatic N) is 3. The van der Waals surface area contributed by atoms with Crippen molar-refractivity contribution in [3.63, 3.8) is 0 Å². The molecular formula is C32H45N5O4S. The van der Waals surface area contributed by atoms with Crippen molar-refractivity contribution in [2.24, 2.45) is 5.73 Å². The summed E-state index contributed by atoms with van der Waals surface area (Å²) in [4.78, 5) is 55.3. The first-order valence-corrected chi connectivity index (χ1v) is 15.6. The fourth-order valence-corrected chi connectivity index (χ4v) is 6.02. The van der Waals surface area contributed by atoms with Crippen molar-refractivity contribution < 1.29 is 19.2 Å². The number of nitrogens with one attached hydrogen (secondary N) is 1. The molecule has 2 heterocycles. The number of carbonyl (C=O) groups excluding carboxylic acids is 4. The lowest BCUT2D eigenvalue weighted by molar-refractivity contribution is -0.133. The molecule has 3 N–H and O–H groups in total. The molecule has 0 atom stereocenters. The number of anilines is 1. The van der Waals surface area contributed by atoms with E-state index in [-0.39, 0.29) is 30.2 Å². The Hall–Kier alpha value is -3.50. The summed E-state index contributed by atoms with van der Waals surface area (Å²) >= 11 is 1.56. The minimum Gasteiger partial charge on any atom is -0.366 e. The highest BCUT2D eigenvalue weighted by Crippen LogP contribution is 2.28. The van der Waals surface area contributed by atoms with Gasteiger partial charge in [-0.15, -0.1) is 11.3 Å². The van der Waals surface area contributed by atoms with Crippen LogP contribution in [0.25, 0.3) is 0 Å². The summed E-state index contributed by atoms with van der Waals surface area (Å²) < 4.78 is 0. The third kappa shape index (κ3) is 10.4. The second-order valence-corrected chi connectivity index (χ2v) is 12.2. The molecule has 42 heavy (non-hydrogen) atoms. The van der Waals surface area contributed by atoms with Gasteiger partial charge in [0.05, 0.1) is 5.00 Å². The number of primary amides is 1. The molecule has 4 amide bonds. The number of thiophene rings is 1. The highest BCUT2D eigenvalue weighted by Gasteiger charge is 2.28. The van der Waals surface area contributed by atoms with Gasteiger partial charge in [0.2, 0.25) is 23.6 Å². The normalized spacial score (nSPS) is 13.8. The van der Waals surface area contributed by atoms with Gasteiger partial charge in [0.1, 0.15) is 6.54 Å². The number of benzene rings is 1. The van der Waals surface area contributed by atoms with Crippen LogP contribution < -0.4 is 16.0 Å². The molecule has 3 rings (SSSR count). The highest BCUT2D eigenvalue weighted by molar-refractivity contribution is 7.16. The van der Waals surface area contributed by atoms with Crippen molar-refractivity contribution >= 4 is 40.0 Å². The summed E-state index contributed by atoms with van der Waals surface area (Å²) in [7, 11) is 3.87. The zero-order chi connectivity index (χ0) is 30.5. The first kappa shape index (κ1) is 33.0. The summed E-state index contributed by atoms with van der Waals surface area (Å²) in [6.45, 7) is 4.26. The molecule has 1 aromatic carbocycles. The van der Waals surface area contributed by atoms with Crippen molar-refractivity contribution in [3.8, 4) is 0 Å². The van der Waals surface area contributed by atoms with E-state index in [2.05, 4.69) is 11.4 Å². The van der Waals surface area contributed by atoms with Crippen LogP contribution >= 0.6 is 11.3 Å². The minimum absolute atomic E-state index is 0.0706. The van der Waals surface area contributed by atoms with Gasteiger partial charge in [0.15, 0.2) is 0 Å². The molecule has 1 aliphatic rings. The van der Waals surface area contributed by atoms with E-state index in [1.54, 1.807) is 33.3 Å². The topological polar surface area (TPSA) is 116 Å². The number of nitrogens with two attached hydrogens (primary N) is 1. The zero-order valence-corrected chi connectivity index (χ0v) is 26.0. The number of amides is 4. The second kappa shape index (κ2) is 16.8. The molecular weight excluding hydrogens is 550 g/mol. The maximum atomic E-state index is 12.7. The third-order valence-corrected chi connectivity index (χ3v) is 8.60. The molecule has 1 saturated heterocycles. The Morgan fingerprint density at radius 2 is 1.79 bits per heavy atom.